The second-order valence-electron chi connectivity index (χ2n) is 9.99. The van der Waals surface area contributed by atoms with Crippen LogP contribution in [-0.4, -0.2) is 40.3 Å². The molecule has 8 nitrogen and oxygen atoms in total. The second-order valence-corrected chi connectivity index (χ2v) is 9.99. The number of unbranched alkanes of at least 4 members (excludes halogenated alkanes) is 3. The maximum Gasteiger partial charge on any atom is 0.343 e. The van der Waals surface area contributed by atoms with E-state index >= 15 is 0 Å². The van der Waals surface area contributed by atoms with Crippen LogP contribution in [0.5, 0.6) is 17.2 Å². The van der Waals surface area contributed by atoms with Crippen molar-refractivity contribution in [1.29, 1.82) is 0 Å². The minimum atomic E-state index is -1.08. The minimum absolute atomic E-state index is 0.0171. The van der Waals surface area contributed by atoms with Crippen molar-refractivity contribution >= 4 is 23.5 Å². The van der Waals surface area contributed by atoms with Gasteiger partial charge in [0, 0.05) is 11.1 Å². The van der Waals surface area contributed by atoms with Crippen molar-refractivity contribution in [3.05, 3.63) is 124 Å². The maximum absolute atomic E-state index is 14.1. The summed E-state index contributed by atoms with van der Waals surface area (Å²) in [7, 11) is 0. The summed E-state index contributed by atoms with van der Waals surface area (Å²) in [5.41, 5.74) is -0.730. The predicted octanol–water partition coefficient (Wildman–Crippen LogP) is 6.82. The normalized spacial score (nSPS) is 10.7. The number of phenolic OH excluding ortho intramolecular Hbond substituents is 2. The Morgan fingerprint density at radius 2 is 1.16 bits per heavy atom. The van der Waals surface area contributed by atoms with E-state index in [0.717, 1.165) is 24.8 Å². The van der Waals surface area contributed by atoms with Gasteiger partial charge < -0.3 is 19.7 Å². The Morgan fingerprint density at radius 1 is 0.605 bits per heavy atom. The van der Waals surface area contributed by atoms with Gasteiger partial charge in [-0.2, -0.15) is 0 Å². The Hall–Kier alpha value is -5.24. The Morgan fingerprint density at radius 3 is 1.77 bits per heavy atom. The van der Waals surface area contributed by atoms with Gasteiger partial charge in [-0.25, -0.2) is 9.59 Å². The Kier molecular flexibility index (Phi) is 10.1. The first-order valence-corrected chi connectivity index (χ1v) is 14.0. The number of aromatic hydroxyl groups is 2. The molecule has 0 amide bonds. The van der Waals surface area contributed by atoms with Crippen molar-refractivity contribution in [3.63, 3.8) is 0 Å². The van der Waals surface area contributed by atoms with E-state index in [9.17, 15) is 29.4 Å². The first-order chi connectivity index (χ1) is 20.7. The van der Waals surface area contributed by atoms with E-state index in [0.29, 0.717) is 6.42 Å². The Bertz CT molecular complexity index is 1620. The third kappa shape index (κ3) is 6.98. The molecule has 0 aromatic heterocycles. The molecule has 4 aromatic rings. The zero-order chi connectivity index (χ0) is 30.9. The summed E-state index contributed by atoms with van der Waals surface area (Å²) < 4.78 is 11.0. The molecule has 0 bridgehead atoms. The van der Waals surface area contributed by atoms with Crippen molar-refractivity contribution in [2.24, 2.45) is 0 Å². The van der Waals surface area contributed by atoms with E-state index in [1.165, 1.54) is 36.4 Å². The lowest BCUT2D eigenvalue weighted by Crippen LogP contribution is -2.22. The fourth-order valence-corrected chi connectivity index (χ4v) is 4.52. The van der Waals surface area contributed by atoms with E-state index in [4.69, 9.17) is 9.47 Å². The number of phenols is 2. The number of esters is 2. The number of hydrogen-bond donors (Lipinski definition) is 2. The van der Waals surface area contributed by atoms with Gasteiger partial charge in [0.1, 0.15) is 0 Å². The van der Waals surface area contributed by atoms with Gasteiger partial charge in [-0.3, -0.25) is 9.59 Å². The van der Waals surface area contributed by atoms with Crippen LogP contribution in [-0.2, 0) is 4.74 Å². The molecule has 0 aliphatic heterocycles. The molecule has 0 unspecified atom stereocenters. The van der Waals surface area contributed by atoms with E-state index in [1.807, 2.05) is 13.8 Å². The molecule has 2 N–H and O–H groups in total. The fraction of sp³-hybridized carbons (Fsp3) is 0.200. The van der Waals surface area contributed by atoms with Gasteiger partial charge in [0.25, 0.3) is 0 Å². The third-order valence-electron chi connectivity index (χ3n) is 6.85. The van der Waals surface area contributed by atoms with Crippen LogP contribution in [0.3, 0.4) is 0 Å². The van der Waals surface area contributed by atoms with Crippen LogP contribution in [0.25, 0.3) is 0 Å². The summed E-state index contributed by atoms with van der Waals surface area (Å²) in [5.74, 6) is -6.55. The molecule has 8 heteroatoms. The largest absolute Gasteiger partial charge is 0.504 e. The molecule has 0 radical (unpaired) electrons. The summed E-state index contributed by atoms with van der Waals surface area (Å²) in [5, 5.41) is 22.4. The van der Waals surface area contributed by atoms with Gasteiger partial charge in [-0.1, -0.05) is 105 Å². The highest BCUT2D eigenvalue weighted by atomic mass is 16.5. The van der Waals surface area contributed by atoms with Crippen LogP contribution in [0.2, 0.25) is 0 Å². The molecule has 43 heavy (non-hydrogen) atoms. The molecule has 0 saturated carbocycles. The van der Waals surface area contributed by atoms with E-state index in [2.05, 4.69) is 0 Å². The monoisotopic (exact) mass is 580 g/mol. The van der Waals surface area contributed by atoms with Crippen LogP contribution in [0, 0.1) is 6.92 Å². The molecular formula is C35H32O8. The summed E-state index contributed by atoms with van der Waals surface area (Å²) in [6.07, 6.45) is 3.20. The van der Waals surface area contributed by atoms with Crippen molar-refractivity contribution in [2.45, 2.75) is 39.5 Å². The van der Waals surface area contributed by atoms with Crippen LogP contribution >= 0.6 is 0 Å². The lowest BCUT2D eigenvalue weighted by molar-refractivity contribution is 0.0489. The predicted molar refractivity (Wildman–Crippen MR) is 160 cm³/mol. The SMILES string of the molecule is CCCCCCOC(=O)c1c(C(=O)c2ccccc2)c(O)c(O)c(OC(=O)c2ccccc2)c1C(=O)c1ccc(C)cc1. The van der Waals surface area contributed by atoms with Crippen LogP contribution in [0.1, 0.15) is 90.7 Å². The molecule has 4 aromatic carbocycles. The summed E-state index contributed by atoms with van der Waals surface area (Å²) in [4.78, 5) is 54.8. The minimum Gasteiger partial charge on any atom is -0.504 e. The van der Waals surface area contributed by atoms with Gasteiger partial charge in [-0.15, -0.1) is 0 Å². The first-order valence-electron chi connectivity index (χ1n) is 14.0. The average molecular weight is 581 g/mol. The van der Waals surface area contributed by atoms with Crippen molar-refractivity contribution < 1.29 is 38.9 Å². The number of rotatable bonds is 12. The zero-order valence-corrected chi connectivity index (χ0v) is 24.0. The quantitative estimate of drug-likeness (QED) is 0.0614. The average Bonchev–Trinajstić information content (AvgIpc) is 3.03. The maximum atomic E-state index is 14.1. The second kappa shape index (κ2) is 14.1. The summed E-state index contributed by atoms with van der Waals surface area (Å²) >= 11 is 0. The number of ketones is 2. The van der Waals surface area contributed by atoms with Crippen LogP contribution in [0.4, 0.5) is 0 Å². The van der Waals surface area contributed by atoms with Gasteiger partial charge in [-0.05, 0) is 25.5 Å². The van der Waals surface area contributed by atoms with Crippen molar-refractivity contribution in [1.82, 2.24) is 0 Å². The van der Waals surface area contributed by atoms with Gasteiger partial charge in [0.05, 0.1) is 28.9 Å². The van der Waals surface area contributed by atoms with Crippen LogP contribution in [0.15, 0.2) is 84.9 Å². The first kappa shape index (κ1) is 30.7. The fourth-order valence-electron chi connectivity index (χ4n) is 4.52. The molecule has 220 valence electrons. The number of carbonyl (C=O) groups excluding carboxylic acids is 4. The molecule has 0 fully saturated rings. The molecular weight excluding hydrogens is 548 g/mol. The Labute approximate surface area is 249 Å². The molecule has 0 saturated heterocycles. The van der Waals surface area contributed by atoms with E-state index in [-0.39, 0.29) is 23.3 Å². The zero-order valence-electron chi connectivity index (χ0n) is 24.0. The van der Waals surface area contributed by atoms with Crippen molar-refractivity contribution in [2.75, 3.05) is 6.61 Å². The molecule has 4 rings (SSSR count). The number of hydrogen-bond acceptors (Lipinski definition) is 8. The highest BCUT2D eigenvalue weighted by molar-refractivity contribution is 6.24. The lowest BCUT2D eigenvalue weighted by atomic mass is 9.88. The molecule has 0 aliphatic carbocycles. The summed E-state index contributed by atoms with van der Waals surface area (Å²) in [6, 6.07) is 21.9. The van der Waals surface area contributed by atoms with Gasteiger partial charge in [0.15, 0.2) is 23.1 Å². The lowest BCUT2D eigenvalue weighted by Gasteiger charge is -2.20. The van der Waals surface area contributed by atoms with Crippen LogP contribution < -0.4 is 4.74 Å². The van der Waals surface area contributed by atoms with Crippen molar-refractivity contribution in [3.8, 4) is 17.2 Å². The smallest absolute Gasteiger partial charge is 0.343 e. The topological polar surface area (TPSA) is 127 Å². The Balaban J connectivity index is 1.97. The molecule has 0 spiro atoms. The third-order valence-corrected chi connectivity index (χ3v) is 6.85. The van der Waals surface area contributed by atoms with Gasteiger partial charge >= 0.3 is 11.9 Å². The summed E-state index contributed by atoms with van der Waals surface area (Å²) in [6.45, 7) is 3.84. The number of carbonyl (C=O) groups is 4. The number of benzene rings is 4. The van der Waals surface area contributed by atoms with Gasteiger partial charge in [0.2, 0.25) is 5.75 Å². The number of ether oxygens (including phenoxy) is 2. The number of aryl methyl sites for hydroxylation is 1. The molecule has 0 aliphatic rings. The molecule has 0 heterocycles. The highest BCUT2D eigenvalue weighted by Gasteiger charge is 2.37. The van der Waals surface area contributed by atoms with E-state index in [1.54, 1.807) is 48.5 Å². The standard InChI is InChI=1S/C35H32O8/c1-3-4-5-12-21-42-35(41)26-27(29(36)23-13-8-6-9-14-23)31(38)32(39)33(43-34(40)25-15-10-7-11-16-25)28(26)30(37)24-19-17-22(2)18-20-24/h6-11,13-20,38-39H,3-5,12,21H2,1-2H3. The van der Waals surface area contributed by atoms with E-state index < -0.39 is 57.4 Å². The highest BCUT2D eigenvalue weighted by Crippen LogP contribution is 2.46. The molecule has 0 atom stereocenters.